The zero-order chi connectivity index (χ0) is 18.4. The van der Waals surface area contributed by atoms with Crippen LogP contribution in [-0.2, 0) is 17.8 Å². The van der Waals surface area contributed by atoms with Crippen molar-refractivity contribution < 1.29 is 14.3 Å². The standard InChI is InChI=1S/C18H23N5O3/c1-26-16-4-2-3-14(11-16)12-17(24)22-7-9-23(10-8-22)18(25)19-13-15-5-6-20-21-15/h2-6,11H,7-10,12-13H2,1H3,(H,19,25)(H,20,21). The molecule has 26 heavy (non-hydrogen) atoms. The first-order chi connectivity index (χ1) is 12.7. The molecule has 2 aromatic rings. The summed E-state index contributed by atoms with van der Waals surface area (Å²) in [4.78, 5) is 28.2. The third-order valence-electron chi connectivity index (χ3n) is 4.40. The van der Waals surface area contributed by atoms with Crippen molar-refractivity contribution in [1.29, 1.82) is 0 Å². The number of nitrogens with one attached hydrogen (secondary N) is 2. The van der Waals surface area contributed by atoms with Gasteiger partial charge in [-0.1, -0.05) is 12.1 Å². The second-order valence-electron chi connectivity index (χ2n) is 6.14. The number of piperazine rings is 1. The van der Waals surface area contributed by atoms with Crippen LogP contribution in [0.5, 0.6) is 5.75 Å². The molecule has 8 heteroatoms. The number of aromatic nitrogens is 2. The van der Waals surface area contributed by atoms with Gasteiger partial charge in [-0.3, -0.25) is 9.89 Å². The first kappa shape index (κ1) is 17.8. The first-order valence-corrected chi connectivity index (χ1v) is 8.57. The van der Waals surface area contributed by atoms with Crippen molar-refractivity contribution in [3.05, 3.63) is 47.8 Å². The Morgan fingerprint density at radius 3 is 2.65 bits per heavy atom. The maximum atomic E-state index is 12.5. The van der Waals surface area contributed by atoms with Gasteiger partial charge in [0.25, 0.3) is 0 Å². The highest BCUT2D eigenvalue weighted by Gasteiger charge is 2.24. The summed E-state index contributed by atoms with van der Waals surface area (Å²) in [7, 11) is 1.61. The summed E-state index contributed by atoms with van der Waals surface area (Å²) in [5.41, 5.74) is 1.78. The van der Waals surface area contributed by atoms with Gasteiger partial charge in [0.2, 0.25) is 5.91 Å². The number of methoxy groups -OCH3 is 1. The Labute approximate surface area is 152 Å². The average Bonchev–Trinajstić information content (AvgIpc) is 3.20. The van der Waals surface area contributed by atoms with Crippen molar-refractivity contribution in [2.45, 2.75) is 13.0 Å². The number of ether oxygens (including phenoxy) is 1. The number of benzene rings is 1. The normalized spacial score (nSPS) is 14.2. The number of hydrogen-bond acceptors (Lipinski definition) is 4. The molecule has 138 valence electrons. The SMILES string of the molecule is COc1cccc(CC(=O)N2CCN(C(=O)NCc3ccn[nH]3)CC2)c1. The lowest BCUT2D eigenvalue weighted by atomic mass is 10.1. The molecule has 0 unspecified atom stereocenters. The van der Waals surface area contributed by atoms with Crippen LogP contribution in [0.3, 0.4) is 0 Å². The Morgan fingerprint density at radius 1 is 1.19 bits per heavy atom. The summed E-state index contributed by atoms with van der Waals surface area (Å²) in [6.07, 6.45) is 1.98. The van der Waals surface area contributed by atoms with Crippen LogP contribution in [0, 0.1) is 0 Å². The van der Waals surface area contributed by atoms with Crippen LogP contribution >= 0.6 is 0 Å². The lowest BCUT2D eigenvalue weighted by Gasteiger charge is -2.34. The van der Waals surface area contributed by atoms with Crippen molar-refractivity contribution in [2.75, 3.05) is 33.3 Å². The summed E-state index contributed by atoms with van der Waals surface area (Å²) >= 11 is 0. The first-order valence-electron chi connectivity index (χ1n) is 8.57. The minimum atomic E-state index is -0.125. The van der Waals surface area contributed by atoms with Gasteiger partial charge in [0.05, 0.1) is 25.8 Å². The lowest BCUT2D eigenvalue weighted by molar-refractivity contribution is -0.131. The van der Waals surface area contributed by atoms with Crippen LogP contribution in [-0.4, -0.2) is 65.2 Å². The lowest BCUT2D eigenvalue weighted by Crippen LogP contribution is -2.53. The minimum Gasteiger partial charge on any atom is -0.497 e. The van der Waals surface area contributed by atoms with Crippen LogP contribution in [0.15, 0.2) is 36.5 Å². The predicted molar refractivity (Wildman–Crippen MR) is 95.7 cm³/mol. The molecule has 1 aromatic heterocycles. The Morgan fingerprint density at radius 2 is 1.96 bits per heavy atom. The van der Waals surface area contributed by atoms with Crippen LogP contribution < -0.4 is 10.1 Å². The Bertz CT molecular complexity index is 739. The molecule has 1 aliphatic heterocycles. The average molecular weight is 357 g/mol. The van der Waals surface area contributed by atoms with Gasteiger partial charge in [0, 0.05) is 32.4 Å². The van der Waals surface area contributed by atoms with Gasteiger partial charge in [-0.2, -0.15) is 5.10 Å². The molecule has 8 nitrogen and oxygen atoms in total. The van der Waals surface area contributed by atoms with E-state index in [-0.39, 0.29) is 11.9 Å². The van der Waals surface area contributed by atoms with Crippen molar-refractivity contribution in [2.24, 2.45) is 0 Å². The van der Waals surface area contributed by atoms with Gasteiger partial charge >= 0.3 is 6.03 Å². The third-order valence-corrected chi connectivity index (χ3v) is 4.40. The molecule has 1 saturated heterocycles. The summed E-state index contributed by atoms with van der Waals surface area (Å²) in [6, 6.07) is 9.21. The molecule has 2 heterocycles. The van der Waals surface area contributed by atoms with Crippen molar-refractivity contribution in [1.82, 2.24) is 25.3 Å². The fraction of sp³-hybridized carbons (Fsp3) is 0.389. The summed E-state index contributed by atoms with van der Waals surface area (Å²) in [5, 5.41) is 9.50. The second-order valence-corrected chi connectivity index (χ2v) is 6.14. The number of carbonyl (C=O) groups is 2. The highest BCUT2D eigenvalue weighted by molar-refractivity contribution is 5.79. The highest BCUT2D eigenvalue weighted by Crippen LogP contribution is 2.14. The molecule has 3 rings (SSSR count). The molecular weight excluding hydrogens is 334 g/mol. The van der Waals surface area contributed by atoms with Crippen LogP contribution in [0.1, 0.15) is 11.3 Å². The van der Waals surface area contributed by atoms with Crippen molar-refractivity contribution >= 4 is 11.9 Å². The molecule has 0 atom stereocenters. The number of H-pyrrole nitrogens is 1. The number of carbonyl (C=O) groups excluding carboxylic acids is 2. The summed E-state index contributed by atoms with van der Waals surface area (Å²) < 4.78 is 5.19. The van der Waals surface area contributed by atoms with E-state index in [4.69, 9.17) is 4.74 Å². The Kier molecular flexibility index (Phi) is 5.73. The number of rotatable bonds is 5. The van der Waals surface area contributed by atoms with E-state index in [9.17, 15) is 9.59 Å². The van der Waals surface area contributed by atoms with Gasteiger partial charge < -0.3 is 19.9 Å². The number of urea groups is 1. The maximum Gasteiger partial charge on any atom is 0.317 e. The van der Waals surface area contributed by atoms with Crippen molar-refractivity contribution in [3.8, 4) is 5.75 Å². The van der Waals surface area contributed by atoms with E-state index >= 15 is 0 Å². The van der Waals surface area contributed by atoms with Crippen LogP contribution in [0.2, 0.25) is 0 Å². The van der Waals surface area contributed by atoms with Crippen molar-refractivity contribution in [3.63, 3.8) is 0 Å². The van der Waals surface area contributed by atoms with Gasteiger partial charge in [0.1, 0.15) is 5.75 Å². The van der Waals surface area contributed by atoms with Gasteiger partial charge in [-0.15, -0.1) is 0 Å². The predicted octanol–water partition coefficient (Wildman–Crippen LogP) is 1.01. The summed E-state index contributed by atoms with van der Waals surface area (Å²) in [5.74, 6) is 0.810. The topological polar surface area (TPSA) is 90.6 Å². The molecule has 2 N–H and O–H groups in total. The smallest absolute Gasteiger partial charge is 0.317 e. The fourth-order valence-corrected chi connectivity index (χ4v) is 2.89. The van der Waals surface area contributed by atoms with Gasteiger partial charge in [-0.25, -0.2) is 4.79 Å². The molecule has 0 bridgehead atoms. The Balaban J connectivity index is 1.45. The van der Waals surface area contributed by atoms with E-state index in [1.54, 1.807) is 23.1 Å². The van der Waals surface area contributed by atoms with E-state index in [1.165, 1.54) is 0 Å². The second kappa shape index (κ2) is 8.37. The molecule has 1 aliphatic rings. The number of hydrogen-bond donors (Lipinski definition) is 2. The summed E-state index contributed by atoms with van der Waals surface area (Å²) in [6.45, 7) is 2.55. The number of aromatic amines is 1. The zero-order valence-corrected chi connectivity index (χ0v) is 14.8. The molecular formula is C18H23N5O3. The van der Waals surface area contributed by atoms with E-state index in [0.29, 0.717) is 39.1 Å². The largest absolute Gasteiger partial charge is 0.497 e. The molecule has 3 amide bonds. The van der Waals surface area contributed by atoms with E-state index < -0.39 is 0 Å². The van der Waals surface area contributed by atoms with E-state index in [1.807, 2.05) is 30.3 Å². The molecule has 0 saturated carbocycles. The van der Waals surface area contributed by atoms with E-state index in [2.05, 4.69) is 15.5 Å². The fourth-order valence-electron chi connectivity index (χ4n) is 2.89. The molecule has 0 spiro atoms. The van der Waals surface area contributed by atoms with Gasteiger partial charge in [0.15, 0.2) is 0 Å². The maximum absolute atomic E-state index is 12.5. The zero-order valence-electron chi connectivity index (χ0n) is 14.8. The molecule has 1 aromatic carbocycles. The monoisotopic (exact) mass is 357 g/mol. The third kappa shape index (κ3) is 4.53. The number of nitrogens with zero attached hydrogens (tertiary/aromatic N) is 3. The molecule has 1 fully saturated rings. The molecule has 0 radical (unpaired) electrons. The quantitative estimate of drug-likeness (QED) is 0.836. The highest BCUT2D eigenvalue weighted by atomic mass is 16.5. The van der Waals surface area contributed by atoms with E-state index in [0.717, 1.165) is 17.0 Å². The Hall–Kier alpha value is -3.03. The van der Waals surface area contributed by atoms with Gasteiger partial charge in [-0.05, 0) is 23.8 Å². The minimum absolute atomic E-state index is 0.0655. The number of amides is 3. The van der Waals surface area contributed by atoms with Crippen LogP contribution in [0.4, 0.5) is 4.79 Å². The molecule has 0 aliphatic carbocycles. The van der Waals surface area contributed by atoms with Crippen LogP contribution in [0.25, 0.3) is 0 Å².